The summed E-state index contributed by atoms with van der Waals surface area (Å²) in [5.41, 5.74) is 0. The molecule has 0 aromatic heterocycles. The molecule has 0 fully saturated rings. The van der Waals surface area contributed by atoms with Crippen LogP contribution in [0.5, 0.6) is 0 Å². The Kier molecular flexibility index (Phi) is 9.32. The van der Waals surface area contributed by atoms with Gasteiger partial charge in [-0.1, -0.05) is 26.2 Å². The topological polar surface area (TPSA) is 139 Å². The zero-order valence-corrected chi connectivity index (χ0v) is 12.6. The number of hydrogen-bond donors (Lipinski definition) is 2. The molecule has 0 rings (SSSR count). The van der Waals surface area contributed by atoms with Gasteiger partial charge in [0.05, 0.1) is 20.5 Å². The van der Waals surface area contributed by atoms with Crippen LogP contribution in [0, 0.1) is 0 Å². The van der Waals surface area contributed by atoms with Gasteiger partial charge in [0.25, 0.3) is 0 Å². The Morgan fingerprint density at radius 2 is 1.74 bits per heavy atom. The van der Waals surface area contributed by atoms with Crippen LogP contribution in [0.2, 0.25) is 0 Å². The molecule has 19 heavy (non-hydrogen) atoms. The number of rotatable bonds is 11. The van der Waals surface area contributed by atoms with Gasteiger partial charge < -0.3 is 28.7 Å². The molecule has 0 saturated heterocycles. The van der Waals surface area contributed by atoms with E-state index in [0.717, 1.165) is 0 Å². The van der Waals surface area contributed by atoms with Crippen molar-refractivity contribution in [1.29, 1.82) is 0 Å². The third-order valence-corrected chi connectivity index (χ3v) is 3.39. The van der Waals surface area contributed by atoms with Crippen LogP contribution < -0.4 is 9.79 Å². The lowest BCUT2D eigenvalue weighted by Gasteiger charge is -2.33. The molecular formula is C9H20O8P2-2. The van der Waals surface area contributed by atoms with Gasteiger partial charge in [0.15, 0.2) is 0 Å². The van der Waals surface area contributed by atoms with Crippen molar-refractivity contribution in [2.75, 3.05) is 6.61 Å². The fourth-order valence-corrected chi connectivity index (χ4v) is 2.53. The van der Waals surface area contributed by atoms with E-state index in [1.807, 2.05) is 6.92 Å². The molecule has 0 heterocycles. The fraction of sp³-hybridized carbons (Fsp3) is 1.00. The van der Waals surface area contributed by atoms with Crippen LogP contribution in [-0.4, -0.2) is 22.5 Å². The summed E-state index contributed by atoms with van der Waals surface area (Å²) in [5, 5.41) is 0. The molecule has 0 aliphatic heterocycles. The molecule has 8 nitrogen and oxygen atoms in total. The quantitative estimate of drug-likeness (QED) is 0.418. The Morgan fingerprint density at radius 3 is 2.21 bits per heavy atom. The van der Waals surface area contributed by atoms with Gasteiger partial charge in [-0.3, -0.25) is 4.52 Å². The van der Waals surface area contributed by atoms with E-state index < -0.39 is 21.7 Å². The summed E-state index contributed by atoms with van der Waals surface area (Å²) in [7, 11) is -9.38. The summed E-state index contributed by atoms with van der Waals surface area (Å²) in [6, 6.07) is 0. The molecule has 0 spiro atoms. The highest BCUT2D eigenvalue weighted by molar-refractivity contribution is 7.46. The zero-order chi connectivity index (χ0) is 14.9. The first-order valence-corrected chi connectivity index (χ1v) is 9.03. The van der Waals surface area contributed by atoms with Crippen LogP contribution >= 0.6 is 15.6 Å². The van der Waals surface area contributed by atoms with E-state index in [1.165, 1.54) is 0 Å². The average molecular weight is 318 g/mol. The highest BCUT2D eigenvalue weighted by Crippen LogP contribution is 2.36. The van der Waals surface area contributed by atoms with E-state index in [9.17, 15) is 18.9 Å². The minimum absolute atomic E-state index is 0.0643. The van der Waals surface area contributed by atoms with Gasteiger partial charge in [0.2, 0.25) is 0 Å². The summed E-state index contributed by atoms with van der Waals surface area (Å²) < 4.78 is 29.6. The van der Waals surface area contributed by atoms with Crippen LogP contribution in [0.4, 0.5) is 0 Å². The third-order valence-electron chi connectivity index (χ3n) is 2.32. The van der Waals surface area contributed by atoms with Crippen molar-refractivity contribution in [3.8, 4) is 0 Å². The van der Waals surface area contributed by atoms with Crippen molar-refractivity contribution >= 4 is 15.6 Å². The Hall–Kier alpha value is 0.220. The third kappa shape index (κ3) is 14.4. The molecule has 0 aromatic rings. The molecular weight excluding hydrogens is 298 g/mol. The second-order valence-corrected chi connectivity index (χ2v) is 6.48. The highest BCUT2D eigenvalue weighted by atomic mass is 31.2. The number of unbranched alkanes of at least 4 members (excludes halogenated alkanes) is 2. The lowest BCUT2D eigenvalue weighted by Crippen LogP contribution is -2.22. The van der Waals surface area contributed by atoms with Gasteiger partial charge in [0.1, 0.15) is 0 Å². The maximum atomic E-state index is 10.5. The molecule has 0 amide bonds. The molecule has 1 atom stereocenters. The summed E-state index contributed by atoms with van der Waals surface area (Å²) in [5.74, 6) is 0. The van der Waals surface area contributed by atoms with Crippen molar-refractivity contribution in [2.45, 2.75) is 51.6 Å². The molecule has 0 radical (unpaired) electrons. The summed E-state index contributed by atoms with van der Waals surface area (Å²) in [4.78, 5) is 37.9. The average Bonchev–Trinajstić information content (AvgIpc) is 2.19. The predicted octanol–water partition coefficient (Wildman–Crippen LogP) is 0.670. The second kappa shape index (κ2) is 9.21. The molecule has 1 unspecified atom stereocenters. The first-order chi connectivity index (χ1) is 8.64. The molecule has 0 aliphatic carbocycles. The Labute approximate surface area is 112 Å². The monoisotopic (exact) mass is 318 g/mol. The Balaban J connectivity index is 3.76. The van der Waals surface area contributed by atoms with Gasteiger partial charge in [0, 0.05) is 0 Å². The van der Waals surface area contributed by atoms with Gasteiger partial charge >= 0.3 is 7.82 Å². The van der Waals surface area contributed by atoms with Gasteiger partial charge in [-0.2, -0.15) is 0 Å². The van der Waals surface area contributed by atoms with Crippen molar-refractivity contribution in [3.05, 3.63) is 0 Å². The van der Waals surface area contributed by atoms with E-state index in [2.05, 4.69) is 9.05 Å². The summed E-state index contributed by atoms with van der Waals surface area (Å²) in [6.07, 6.45) is 2.61. The van der Waals surface area contributed by atoms with Crippen LogP contribution in [0.3, 0.4) is 0 Å². The van der Waals surface area contributed by atoms with Crippen molar-refractivity contribution < 1.29 is 37.8 Å². The number of phosphoric ester groups is 2. The maximum Gasteiger partial charge on any atom is 0.469 e. The lowest BCUT2D eigenvalue weighted by atomic mass is 10.1. The van der Waals surface area contributed by atoms with Gasteiger partial charge in [-0.05, 0) is 19.3 Å². The summed E-state index contributed by atoms with van der Waals surface area (Å²) in [6.45, 7) is 1.79. The van der Waals surface area contributed by atoms with Gasteiger partial charge in [-0.15, -0.1) is 0 Å². The lowest BCUT2D eigenvalue weighted by molar-refractivity contribution is -0.345. The normalized spacial score (nSPS) is 14.6. The molecule has 0 aromatic carbocycles. The van der Waals surface area contributed by atoms with Crippen LogP contribution in [0.15, 0.2) is 0 Å². The van der Waals surface area contributed by atoms with Crippen molar-refractivity contribution in [1.82, 2.24) is 0 Å². The summed E-state index contributed by atoms with van der Waals surface area (Å²) >= 11 is 0. The smallest absolute Gasteiger partial charge is 0.469 e. The predicted molar refractivity (Wildman–Crippen MR) is 63.9 cm³/mol. The van der Waals surface area contributed by atoms with E-state index in [1.54, 1.807) is 0 Å². The van der Waals surface area contributed by atoms with Crippen molar-refractivity contribution in [3.63, 3.8) is 0 Å². The molecule has 0 aliphatic rings. The Morgan fingerprint density at radius 1 is 1.11 bits per heavy atom. The minimum Gasteiger partial charge on any atom is -0.790 e. The van der Waals surface area contributed by atoms with Crippen molar-refractivity contribution in [2.24, 2.45) is 0 Å². The van der Waals surface area contributed by atoms with Crippen LogP contribution in [0.25, 0.3) is 0 Å². The number of phosphoric acid groups is 2. The molecule has 0 bridgehead atoms. The van der Waals surface area contributed by atoms with Crippen LogP contribution in [0.1, 0.15) is 45.4 Å². The standard InChI is InChI=1S/C9H22O8P2/c1-2-6-9(17-19(13,14)15)7-4-3-5-8-16-18(10,11)12/h9H,2-8H2,1H3,(H2,10,11,12)(H2,13,14,15)/p-2. The van der Waals surface area contributed by atoms with E-state index >= 15 is 0 Å². The first-order valence-electron chi connectivity index (χ1n) is 6.04. The molecule has 2 N–H and O–H groups in total. The Bertz CT molecular complexity index is 322. The molecule has 0 saturated carbocycles. The zero-order valence-electron chi connectivity index (χ0n) is 10.8. The first kappa shape index (κ1) is 19.2. The van der Waals surface area contributed by atoms with Gasteiger partial charge in [-0.25, -0.2) is 4.57 Å². The van der Waals surface area contributed by atoms with E-state index in [4.69, 9.17) is 9.79 Å². The van der Waals surface area contributed by atoms with E-state index in [0.29, 0.717) is 38.5 Å². The van der Waals surface area contributed by atoms with Crippen LogP contribution in [-0.2, 0) is 18.2 Å². The fourth-order valence-electron chi connectivity index (χ4n) is 1.59. The maximum absolute atomic E-state index is 10.5. The molecule has 10 heteroatoms. The minimum atomic E-state index is -4.96. The highest BCUT2D eigenvalue weighted by Gasteiger charge is 2.13. The second-order valence-electron chi connectivity index (χ2n) is 4.14. The number of hydrogen-bond acceptors (Lipinski definition) is 6. The van der Waals surface area contributed by atoms with E-state index in [-0.39, 0.29) is 6.61 Å². The molecule has 116 valence electrons. The largest absolute Gasteiger partial charge is 0.790 e. The SMILES string of the molecule is CCCC(CCCCCOP(=O)(O)O)OP(=O)([O-])[O-].